The van der Waals surface area contributed by atoms with Gasteiger partial charge in [0, 0.05) is 52.4 Å². The van der Waals surface area contributed by atoms with Crippen molar-refractivity contribution in [2.45, 2.75) is 0 Å². The minimum Gasteiger partial charge on any atom is -0.357 e. The molecular formula is C14H22N4O2S2. The molecule has 8 heteroatoms. The Morgan fingerprint density at radius 3 is 1.18 bits per heavy atom. The fourth-order valence-electron chi connectivity index (χ4n) is 2.50. The van der Waals surface area contributed by atoms with Crippen molar-refractivity contribution in [3.63, 3.8) is 0 Å². The van der Waals surface area contributed by atoms with E-state index < -0.39 is 11.6 Å². The first-order valence-electron chi connectivity index (χ1n) is 7.44. The Kier molecular flexibility index (Phi) is 5.96. The molecule has 0 aromatic rings. The third-order valence-electron chi connectivity index (χ3n) is 4.18. The van der Waals surface area contributed by atoms with Crippen molar-refractivity contribution in [1.29, 1.82) is 0 Å². The average Bonchev–Trinajstić information content (AvgIpc) is 2.53. The molecule has 6 nitrogen and oxygen atoms in total. The number of hydrogen-bond acceptors (Lipinski definition) is 6. The van der Waals surface area contributed by atoms with Crippen molar-refractivity contribution in [3.05, 3.63) is 0 Å². The summed E-state index contributed by atoms with van der Waals surface area (Å²) in [6.45, 7) is 6.06. The first-order valence-corrected chi connectivity index (χ1v) is 8.25. The number of carbonyl (C=O) groups is 2. The summed E-state index contributed by atoms with van der Waals surface area (Å²) < 4.78 is 0. The number of Topliss-reactive ketones (excluding diaryl/α,β-unsaturated/α-hetero) is 2. The highest BCUT2D eigenvalue weighted by atomic mass is 32.1. The van der Waals surface area contributed by atoms with Gasteiger partial charge in [-0.1, -0.05) is 24.4 Å². The van der Waals surface area contributed by atoms with Crippen LogP contribution in [0, 0.1) is 0 Å². The lowest BCUT2D eigenvalue weighted by atomic mass is 10.2. The zero-order chi connectivity index (χ0) is 16.3. The van der Waals surface area contributed by atoms with Crippen molar-refractivity contribution in [2.24, 2.45) is 0 Å². The second-order valence-corrected chi connectivity index (χ2v) is 6.62. The standard InChI is InChI=1S/C14H22N4O2S2/c1-15-3-7-17(8-4-15)13(21)11(19)12(20)14(22)18-9-5-16(2)6-10-18/h3-10H2,1-2H3. The molecule has 2 saturated heterocycles. The first kappa shape index (κ1) is 17.4. The molecule has 0 amide bonds. The molecule has 22 heavy (non-hydrogen) atoms. The molecule has 0 atom stereocenters. The number of piperazine rings is 2. The Hall–Kier alpha value is -0.960. The van der Waals surface area contributed by atoms with E-state index in [-0.39, 0.29) is 9.98 Å². The first-order chi connectivity index (χ1) is 10.4. The zero-order valence-corrected chi connectivity index (χ0v) is 14.7. The summed E-state index contributed by atoms with van der Waals surface area (Å²) in [5.74, 6) is -1.27. The van der Waals surface area contributed by atoms with Gasteiger partial charge in [0.05, 0.1) is 0 Å². The molecular weight excluding hydrogens is 320 g/mol. The van der Waals surface area contributed by atoms with Crippen LogP contribution in [0.25, 0.3) is 0 Å². The van der Waals surface area contributed by atoms with Gasteiger partial charge < -0.3 is 19.6 Å². The van der Waals surface area contributed by atoms with Crippen LogP contribution in [0.1, 0.15) is 0 Å². The molecule has 0 spiro atoms. The van der Waals surface area contributed by atoms with E-state index in [2.05, 4.69) is 9.80 Å². The van der Waals surface area contributed by atoms with Gasteiger partial charge in [-0.25, -0.2) is 0 Å². The summed E-state index contributed by atoms with van der Waals surface area (Å²) in [5.41, 5.74) is 0. The van der Waals surface area contributed by atoms with Crippen LogP contribution in [0.2, 0.25) is 0 Å². The van der Waals surface area contributed by atoms with Crippen molar-refractivity contribution in [3.8, 4) is 0 Å². The molecule has 2 fully saturated rings. The third kappa shape index (κ3) is 4.07. The normalized spacial score (nSPS) is 20.8. The Bertz CT molecular complexity index is 437. The van der Waals surface area contributed by atoms with Gasteiger partial charge in [0.1, 0.15) is 0 Å². The van der Waals surface area contributed by atoms with Gasteiger partial charge in [-0.2, -0.15) is 0 Å². The maximum atomic E-state index is 12.3. The topological polar surface area (TPSA) is 47.1 Å². The molecule has 2 aliphatic rings. The van der Waals surface area contributed by atoms with E-state index >= 15 is 0 Å². The van der Waals surface area contributed by atoms with Crippen LogP contribution in [0.5, 0.6) is 0 Å². The number of rotatable bonds is 3. The van der Waals surface area contributed by atoms with Gasteiger partial charge in [-0.3, -0.25) is 9.59 Å². The smallest absolute Gasteiger partial charge is 0.263 e. The fourth-order valence-corrected chi connectivity index (χ4v) is 3.05. The molecule has 2 aliphatic heterocycles. The van der Waals surface area contributed by atoms with Gasteiger partial charge in [-0.15, -0.1) is 0 Å². The fraction of sp³-hybridized carbons (Fsp3) is 0.714. The van der Waals surface area contributed by atoms with Gasteiger partial charge in [0.25, 0.3) is 11.6 Å². The highest BCUT2D eigenvalue weighted by Crippen LogP contribution is 2.06. The molecule has 0 aromatic carbocycles. The van der Waals surface area contributed by atoms with E-state index in [1.807, 2.05) is 23.9 Å². The van der Waals surface area contributed by atoms with Crippen LogP contribution in [0.4, 0.5) is 0 Å². The number of nitrogens with zero attached hydrogens (tertiary/aromatic N) is 4. The summed E-state index contributed by atoms with van der Waals surface area (Å²) in [4.78, 5) is 32.8. The lowest BCUT2D eigenvalue weighted by Crippen LogP contribution is -2.53. The molecule has 122 valence electrons. The van der Waals surface area contributed by atoms with E-state index in [1.54, 1.807) is 0 Å². The van der Waals surface area contributed by atoms with E-state index in [4.69, 9.17) is 24.4 Å². The van der Waals surface area contributed by atoms with Crippen molar-refractivity contribution < 1.29 is 9.59 Å². The molecule has 0 N–H and O–H groups in total. The average molecular weight is 342 g/mol. The van der Waals surface area contributed by atoms with Crippen LogP contribution < -0.4 is 0 Å². The van der Waals surface area contributed by atoms with Crippen molar-refractivity contribution >= 4 is 46.0 Å². The van der Waals surface area contributed by atoms with Gasteiger partial charge in [0.15, 0.2) is 9.98 Å². The summed E-state index contributed by atoms with van der Waals surface area (Å²) in [6, 6.07) is 0. The summed E-state index contributed by atoms with van der Waals surface area (Å²) in [5, 5.41) is 0. The maximum absolute atomic E-state index is 12.3. The number of ketones is 2. The van der Waals surface area contributed by atoms with Gasteiger partial charge in [0.2, 0.25) is 0 Å². The van der Waals surface area contributed by atoms with Crippen LogP contribution in [0.15, 0.2) is 0 Å². The third-order valence-corrected chi connectivity index (χ3v) is 5.06. The SMILES string of the molecule is CN1CCN(C(=S)C(=O)C(=O)C(=S)N2CCN(C)CC2)CC1. The monoisotopic (exact) mass is 342 g/mol. The van der Waals surface area contributed by atoms with Crippen LogP contribution >= 0.6 is 24.4 Å². The number of carbonyl (C=O) groups excluding carboxylic acids is 2. The minimum atomic E-state index is -0.636. The molecule has 0 unspecified atom stereocenters. The van der Waals surface area contributed by atoms with Crippen LogP contribution in [0.3, 0.4) is 0 Å². The zero-order valence-electron chi connectivity index (χ0n) is 13.1. The lowest BCUT2D eigenvalue weighted by Gasteiger charge is -2.35. The predicted molar refractivity (Wildman–Crippen MR) is 93.4 cm³/mol. The highest BCUT2D eigenvalue weighted by molar-refractivity contribution is 7.83. The molecule has 0 radical (unpaired) electrons. The quantitative estimate of drug-likeness (QED) is 0.492. The largest absolute Gasteiger partial charge is 0.357 e. The minimum absolute atomic E-state index is 0.106. The highest BCUT2D eigenvalue weighted by Gasteiger charge is 2.31. The lowest BCUT2D eigenvalue weighted by molar-refractivity contribution is -0.129. The molecule has 2 rings (SSSR count). The van der Waals surface area contributed by atoms with Gasteiger partial charge >= 0.3 is 0 Å². The second kappa shape index (κ2) is 7.54. The molecule has 0 bridgehead atoms. The Morgan fingerprint density at radius 2 is 0.909 bits per heavy atom. The van der Waals surface area contributed by atoms with E-state index in [9.17, 15) is 9.59 Å². The van der Waals surface area contributed by atoms with Crippen molar-refractivity contribution in [1.82, 2.24) is 19.6 Å². The molecule has 0 aromatic heterocycles. The summed E-state index contributed by atoms with van der Waals surface area (Å²) in [6.07, 6.45) is 0. The maximum Gasteiger partial charge on any atom is 0.263 e. The van der Waals surface area contributed by atoms with Crippen LogP contribution in [-0.4, -0.2) is 108 Å². The van der Waals surface area contributed by atoms with Crippen LogP contribution in [-0.2, 0) is 9.59 Å². The molecule has 2 heterocycles. The number of hydrogen-bond donors (Lipinski definition) is 0. The number of thiocarbonyl (C=S) groups is 2. The van der Waals surface area contributed by atoms with Crippen molar-refractivity contribution in [2.75, 3.05) is 66.5 Å². The van der Waals surface area contributed by atoms with E-state index in [1.165, 1.54) is 0 Å². The number of likely N-dealkylation sites (N-methyl/N-ethyl adjacent to an activating group) is 2. The Balaban J connectivity index is 1.92. The Labute approximate surface area is 142 Å². The molecule has 0 aliphatic carbocycles. The molecule has 0 saturated carbocycles. The second-order valence-electron chi connectivity index (χ2n) is 5.85. The Morgan fingerprint density at radius 1 is 0.636 bits per heavy atom. The van der Waals surface area contributed by atoms with Gasteiger partial charge in [-0.05, 0) is 14.1 Å². The summed E-state index contributed by atoms with van der Waals surface area (Å²) in [7, 11) is 4.05. The van der Waals surface area contributed by atoms with E-state index in [0.29, 0.717) is 26.2 Å². The predicted octanol–water partition coefficient (Wildman–Crippen LogP) is -0.726. The van der Waals surface area contributed by atoms with E-state index in [0.717, 1.165) is 26.2 Å². The summed E-state index contributed by atoms with van der Waals surface area (Å²) >= 11 is 10.4.